The third kappa shape index (κ3) is 2.48. The molecule has 0 heterocycles. The van der Waals surface area contributed by atoms with Gasteiger partial charge in [-0.1, -0.05) is 27.7 Å². The van der Waals surface area contributed by atoms with Gasteiger partial charge in [-0.3, -0.25) is 0 Å². The van der Waals surface area contributed by atoms with Crippen LogP contribution in [0.1, 0.15) is 40.5 Å². The van der Waals surface area contributed by atoms with Crippen LogP contribution in [0.4, 0.5) is 0 Å². The Balaban J connectivity index is 2.34. The Morgan fingerprint density at radius 2 is 1.82 bits per heavy atom. The maximum Gasteiger partial charge on any atom is 0.00976 e. The second kappa shape index (κ2) is 3.57. The minimum Gasteiger partial charge on any atom is -0.312 e. The van der Waals surface area contributed by atoms with Crippen LogP contribution in [0.2, 0.25) is 0 Å². The summed E-state index contributed by atoms with van der Waals surface area (Å²) in [6.45, 7) is 9.19. The molecular formula is C10H21N. The summed E-state index contributed by atoms with van der Waals surface area (Å²) in [4.78, 5) is 0. The van der Waals surface area contributed by atoms with E-state index in [1.165, 1.54) is 12.8 Å². The second-order valence-corrected chi connectivity index (χ2v) is 4.48. The summed E-state index contributed by atoms with van der Waals surface area (Å²) < 4.78 is 0. The van der Waals surface area contributed by atoms with Crippen LogP contribution in [-0.2, 0) is 0 Å². The van der Waals surface area contributed by atoms with E-state index in [4.69, 9.17) is 0 Å². The lowest BCUT2D eigenvalue weighted by atomic mass is 10.1. The predicted octanol–water partition coefficient (Wildman–Crippen LogP) is 2.42. The van der Waals surface area contributed by atoms with E-state index in [1.54, 1.807) is 0 Å². The summed E-state index contributed by atoms with van der Waals surface area (Å²) >= 11 is 0. The zero-order valence-corrected chi connectivity index (χ0v) is 8.22. The van der Waals surface area contributed by atoms with E-state index < -0.39 is 0 Å². The van der Waals surface area contributed by atoms with E-state index in [-0.39, 0.29) is 0 Å². The molecule has 3 atom stereocenters. The van der Waals surface area contributed by atoms with Crippen molar-refractivity contribution >= 4 is 0 Å². The normalized spacial score (nSPS) is 38.5. The minimum atomic E-state index is 0.646. The molecule has 0 saturated heterocycles. The van der Waals surface area contributed by atoms with Crippen LogP contribution in [0, 0.1) is 11.8 Å². The topological polar surface area (TPSA) is 12.0 Å². The molecule has 1 aliphatic rings. The molecule has 0 aromatic rings. The van der Waals surface area contributed by atoms with E-state index in [1.807, 2.05) is 0 Å². The fourth-order valence-electron chi connectivity index (χ4n) is 2.22. The van der Waals surface area contributed by atoms with E-state index >= 15 is 0 Å². The lowest BCUT2D eigenvalue weighted by Crippen LogP contribution is -2.36. The molecule has 0 aliphatic heterocycles. The van der Waals surface area contributed by atoms with Gasteiger partial charge >= 0.3 is 0 Å². The van der Waals surface area contributed by atoms with Crippen molar-refractivity contribution in [3.63, 3.8) is 0 Å². The Morgan fingerprint density at radius 1 is 1.18 bits per heavy atom. The van der Waals surface area contributed by atoms with E-state index in [2.05, 4.69) is 33.0 Å². The van der Waals surface area contributed by atoms with Crippen LogP contribution in [0.15, 0.2) is 0 Å². The maximum absolute atomic E-state index is 3.62. The third-order valence-electron chi connectivity index (χ3n) is 2.66. The molecule has 0 radical (unpaired) electrons. The van der Waals surface area contributed by atoms with Gasteiger partial charge in [-0.25, -0.2) is 0 Å². The molecule has 1 saturated carbocycles. The number of rotatable bonds is 2. The number of hydrogen-bond donors (Lipinski definition) is 1. The fraction of sp³-hybridized carbons (Fsp3) is 1.00. The largest absolute Gasteiger partial charge is 0.312 e. The molecule has 0 aromatic heterocycles. The van der Waals surface area contributed by atoms with Crippen LogP contribution in [0.3, 0.4) is 0 Å². The van der Waals surface area contributed by atoms with Crippen molar-refractivity contribution < 1.29 is 0 Å². The van der Waals surface area contributed by atoms with Crippen molar-refractivity contribution in [2.45, 2.75) is 52.6 Å². The van der Waals surface area contributed by atoms with Crippen molar-refractivity contribution in [3.05, 3.63) is 0 Å². The van der Waals surface area contributed by atoms with Gasteiger partial charge in [-0.15, -0.1) is 0 Å². The molecule has 3 unspecified atom stereocenters. The Hall–Kier alpha value is -0.0400. The summed E-state index contributed by atoms with van der Waals surface area (Å²) in [6.07, 6.45) is 2.78. The highest BCUT2D eigenvalue weighted by atomic mass is 14.9. The Kier molecular flexibility index (Phi) is 2.94. The maximum atomic E-state index is 3.62. The first-order valence-electron chi connectivity index (χ1n) is 4.85. The van der Waals surface area contributed by atoms with Gasteiger partial charge in [0, 0.05) is 12.1 Å². The van der Waals surface area contributed by atoms with Gasteiger partial charge < -0.3 is 5.32 Å². The van der Waals surface area contributed by atoms with Crippen LogP contribution < -0.4 is 5.32 Å². The zero-order valence-electron chi connectivity index (χ0n) is 8.22. The molecule has 1 heteroatoms. The van der Waals surface area contributed by atoms with Crippen LogP contribution in [0.25, 0.3) is 0 Å². The Labute approximate surface area is 70.6 Å². The van der Waals surface area contributed by atoms with Gasteiger partial charge in [0.15, 0.2) is 0 Å². The number of nitrogens with one attached hydrogen (secondary N) is 1. The quantitative estimate of drug-likeness (QED) is 0.645. The van der Waals surface area contributed by atoms with Gasteiger partial charge in [0.25, 0.3) is 0 Å². The van der Waals surface area contributed by atoms with Gasteiger partial charge in [-0.2, -0.15) is 0 Å². The van der Waals surface area contributed by atoms with Gasteiger partial charge in [0.2, 0.25) is 0 Å². The zero-order chi connectivity index (χ0) is 8.43. The van der Waals surface area contributed by atoms with Crippen molar-refractivity contribution in [2.75, 3.05) is 0 Å². The smallest absolute Gasteiger partial charge is 0.00976 e. The molecule has 1 fully saturated rings. The molecule has 1 nitrogen and oxygen atoms in total. The molecule has 11 heavy (non-hydrogen) atoms. The van der Waals surface area contributed by atoms with E-state index in [0.717, 1.165) is 17.9 Å². The lowest BCUT2D eigenvalue weighted by Gasteiger charge is -2.19. The average Bonchev–Trinajstić information content (AvgIpc) is 2.09. The minimum absolute atomic E-state index is 0.646. The van der Waals surface area contributed by atoms with Crippen molar-refractivity contribution in [2.24, 2.45) is 11.8 Å². The molecule has 0 aromatic carbocycles. The predicted molar refractivity (Wildman–Crippen MR) is 49.6 cm³/mol. The molecule has 0 amide bonds. The highest BCUT2D eigenvalue weighted by Gasteiger charge is 2.28. The summed E-state index contributed by atoms with van der Waals surface area (Å²) in [7, 11) is 0. The first kappa shape index (κ1) is 9.05. The first-order chi connectivity index (χ1) is 5.09. The second-order valence-electron chi connectivity index (χ2n) is 4.48. The standard InChI is InChI=1S/C10H21N/c1-7(2)11-10-6-8(3)5-9(10)4/h7-11H,5-6H2,1-4H3. The highest BCUT2D eigenvalue weighted by molar-refractivity contribution is 4.84. The molecule has 1 rings (SSSR count). The summed E-state index contributed by atoms with van der Waals surface area (Å²) in [6, 6.07) is 1.43. The Bertz CT molecular complexity index is 120. The third-order valence-corrected chi connectivity index (χ3v) is 2.66. The summed E-state index contributed by atoms with van der Waals surface area (Å²) in [5.74, 6) is 1.81. The summed E-state index contributed by atoms with van der Waals surface area (Å²) in [5, 5.41) is 3.62. The van der Waals surface area contributed by atoms with Crippen LogP contribution in [-0.4, -0.2) is 12.1 Å². The van der Waals surface area contributed by atoms with Gasteiger partial charge in [-0.05, 0) is 24.7 Å². The van der Waals surface area contributed by atoms with Crippen LogP contribution in [0.5, 0.6) is 0 Å². The average molecular weight is 155 g/mol. The monoisotopic (exact) mass is 155 g/mol. The summed E-state index contributed by atoms with van der Waals surface area (Å²) in [5.41, 5.74) is 0. The van der Waals surface area contributed by atoms with Crippen molar-refractivity contribution in [1.82, 2.24) is 5.32 Å². The van der Waals surface area contributed by atoms with Gasteiger partial charge in [0.05, 0.1) is 0 Å². The number of hydrogen-bond acceptors (Lipinski definition) is 1. The molecule has 0 bridgehead atoms. The SMILES string of the molecule is CC1CC(C)C(NC(C)C)C1. The van der Waals surface area contributed by atoms with Crippen LogP contribution >= 0.6 is 0 Å². The molecule has 66 valence electrons. The molecular weight excluding hydrogens is 134 g/mol. The molecule has 1 N–H and O–H groups in total. The molecule has 0 spiro atoms. The van der Waals surface area contributed by atoms with Crippen molar-refractivity contribution in [3.8, 4) is 0 Å². The van der Waals surface area contributed by atoms with Gasteiger partial charge in [0.1, 0.15) is 0 Å². The fourth-order valence-corrected chi connectivity index (χ4v) is 2.22. The Morgan fingerprint density at radius 3 is 2.18 bits per heavy atom. The van der Waals surface area contributed by atoms with Crippen molar-refractivity contribution in [1.29, 1.82) is 0 Å². The highest BCUT2D eigenvalue weighted by Crippen LogP contribution is 2.30. The first-order valence-corrected chi connectivity index (χ1v) is 4.85. The van der Waals surface area contributed by atoms with E-state index in [0.29, 0.717) is 6.04 Å². The lowest BCUT2D eigenvalue weighted by molar-refractivity contribution is 0.395. The van der Waals surface area contributed by atoms with E-state index in [9.17, 15) is 0 Å². The molecule has 1 aliphatic carbocycles.